The van der Waals surface area contributed by atoms with E-state index in [1.165, 1.54) is 38.9 Å². The van der Waals surface area contributed by atoms with Gasteiger partial charge in [-0.1, -0.05) is 35.9 Å². The van der Waals surface area contributed by atoms with E-state index in [4.69, 9.17) is 59.0 Å². The van der Waals surface area contributed by atoms with Crippen molar-refractivity contribution in [2.75, 3.05) is 90.2 Å². The fourth-order valence-corrected chi connectivity index (χ4v) is 10.6. The lowest BCUT2D eigenvalue weighted by molar-refractivity contribution is 0.0691. The van der Waals surface area contributed by atoms with Crippen LogP contribution in [0, 0.1) is 6.92 Å². The van der Waals surface area contributed by atoms with E-state index in [1.54, 1.807) is 81.1 Å². The number of likely N-dealkylation sites (N-methyl/N-ethyl adjacent to an activating group) is 1. The molecule has 14 heteroatoms. The number of carbonyl (C=O) groups excluding carboxylic acids is 1. The summed E-state index contributed by atoms with van der Waals surface area (Å²) < 4.78 is 55.7. The van der Waals surface area contributed by atoms with Gasteiger partial charge >= 0.3 is 0 Å². The summed E-state index contributed by atoms with van der Waals surface area (Å²) in [5, 5.41) is 4.27. The third-order valence-electron chi connectivity index (χ3n) is 14.4. The van der Waals surface area contributed by atoms with Crippen LogP contribution in [0.4, 0.5) is 0 Å². The third-order valence-corrected chi connectivity index (χ3v) is 14.7. The lowest BCUT2D eigenvalue weighted by atomic mass is 9.86. The molecule has 13 nitrogen and oxygen atoms in total. The van der Waals surface area contributed by atoms with Gasteiger partial charge in [0, 0.05) is 53.2 Å². The Kier molecular flexibility index (Phi) is 17.8. The van der Waals surface area contributed by atoms with Gasteiger partial charge in [0.15, 0.2) is 40.3 Å². The molecule has 6 aromatic rings. The highest BCUT2D eigenvalue weighted by Crippen LogP contribution is 2.48. The number of hydrogen-bond acceptors (Lipinski definition) is 13. The minimum absolute atomic E-state index is 0.0219. The van der Waals surface area contributed by atoms with E-state index < -0.39 is 0 Å². The molecular weight excluding hydrogens is 960 g/mol. The lowest BCUT2D eigenvalue weighted by Gasteiger charge is -2.36. The molecule has 3 unspecified atom stereocenters. The fraction of sp³-hybridized carbons (Fsp3) is 0.383. The first-order chi connectivity index (χ1) is 35.9. The predicted octanol–water partition coefficient (Wildman–Crippen LogP) is 10.9. The second kappa shape index (κ2) is 24.6. The van der Waals surface area contributed by atoms with Crippen LogP contribution >= 0.6 is 11.6 Å². The molecule has 0 saturated carbocycles. The van der Waals surface area contributed by atoms with Crippen LogP contribution in [0.25, 0.3) is 0 Å². The number of methoxy groups -OCH3 is 8. The summed E-state index contributed by atoms with van der Waals surface area (Å²) in [7, 11) is 15.3. The SMILES string of the molecule is COc1c2c(cc3c1C(CC(=O)c1ccc(Cl)cc1)N(C)CC3)CCO2.COc1cc2c(cc1OC)C(c1cc(OC)c(OC)c(OC)c1)OCC2.COc1ccc2c(c1)CCNC2Cc1ccc(C)c(OC)c1. The third kappa shape index (κ3) is 11.7. The van der Waals surface area contributed by atoms with Gasteiger partial charge in [0.25, 0.3) is 0 Å². The molecule has 10 rings (SSSR count). The molecular formula is C60H69ClN2O11. The number of rotatable bonds is 14. The Morgan fingerprint density at radius 3 is 1.99 bits per heavy atom. The predicted molar refractivity (Wildman–Crippen MR) is 288 cm³/mol. The van der Waals surface area contributed by atoms with E-state index in [-0.39, 0.29) is 17.9 Å². The molecule has 74 heavy (non-hydrogen) atoms. The molecule has 0 aliphatic carbocycles. The summed E-state index contributed by atoms with van der Waals surface area (Å²) in [6.07, 6.45) is 4.87. The van der Waals surface area contributed by atoms with Gasteiger partial charge in [-0.3, -0.25) is 9.69 Å². The van der Waals surface area contributed by atoms with Crippen molar-refractivity contribution in [3.63, 3.8) is 0 Å². The van der Waals surface area contributed by atoms with E-state index in [1.807, 2.05) is 24.3 Å². The van der Waals surface area contributed by atoms with Crippen molar-refractivity contribution >= 4 is 17.4 Å². The van der Waals surface area contributed by atoms with Crippen molar-refractivity contribution in [2.24, 2.45) is 0 Å². The van der Waals surface area contributed by atoms with Gasteiger partial charge < -0.3 is 52.7 Å². The number of nitrogens with zero attached hydrogens (tertiary/aromatic N) is 1. The van der Waals surface area contributed by atoms with Gasteiger partial charge in [-0.15, -0.1) is 0 Å². The average molecular weight is 1030 g/mol. The Labute approximate surface area is 440 Å². The van der Waals surface area contributed by atoms with E-state index in [2.05, 4.69) is 66.7 Å². The number of fused-ring (bicyclic) bond motifs is 4. The number of benzene rings is 6. The molecule has 0 saturated heterocycles. The van der Waals surface area contributed by atoms with Crippen molar-refractivity contribution in [1.82, 2.24) is 10.2 Å². The second-order valence-electron chi connectivity index (χ2n) is 18.6. The maximum atomic E-state index is 12.9. The summed E-state index contributed by atoms with van der Waals surface area (Å²) in [5.41, 5.74) is 12.7. The fourth-order valence-electron chi connectivity index (χ4n) is 10.5. The number of carbonyl (C=O) groups is 1. The summed E-state index contributed by atoms with van der Waals surface area (Å²) >= 11 is 5.94. The number of Topliss-reactive ketones (excluding diaryl/α,β-unsaturated/α-hetero) is 1. The normalized spacial score (nSPS) is 17.2. The highest BCUT2D eigenvalue weighted by atomic mass is 35.5. The first kappa shape index (κ1) is 53.6. The Hall–Kier alpha value is -6.64. The molecule has 3 atom stereocenters. The molecule has 0 spiro atoms. The van der Waals surface area contributed by atoms with Gasteiger partial charge in [0.05, 0.1) is 70.1 Å². The molecule has 0 aromatic heterocycles. The first-order valence-corrected chi connectivity index (χ1v) is 25.4. The first-order valence-electron chi connectivity index (χ1n) is 25.0. The summed E-state index contributed by atoms with van der Waals surface area (Å²) in [6, 6.07) is 30.4. The van der Waals surface area contributed by atoms with Gasteiger partial charge in [0.1, 0.15) is 17.6 Å². The minimum Gasteiger partial charge on any atom is -0.497 e. The Morgan fingerprint density at radius 1 is 0.635 bits per heavy atom. The van der Waals surface area contributed by atoms with Crippen LogP contribution in [-0.2, 0) is 36.8 Å². The summed E-state index contributed by atoms with van der Waals surface area (Å²) in [4.78, 5) is 15.1. The van der Waals surface area contributed by atoms with Crippen LogP contribution in [0.15, 0.2) is 91.0 Å². The molecule has 0 amide bonds. The van der Waals surface area contributed by atoms with E-state index >= 15 is 0 Å². The molecule has 1 N–H and O–H groups in total. The molecule has 392 valence electrons. The van der Waals surface area contributed by atoms with E-state index in [9.17, 15) is 4.79 Å². The lowest BCUT2D eigenvalue weighted by Crippen LogP contribution is -2.34. The topological polar surface area (TPSA) is 125 Å². The van der Waals surface area contributed by atoms with Gasteiger partial charge in [0.2, 0.25) is 5.75 Å². The van der Waals surface area contributed by atoms with Crippen LogP contribution in [-0.4, -0.2) is 101 Å². The monoisotopic (exact) mass is 1030 g/mol. The van der Waals surface area contributed by atoms with Crippen LogP contribution in [0.1, 0.15) is 90.6 Å². The van der Waals surface area contributed by atoms with E-state index in [0.29, 0.717) is 59.3 Å². The number of nitrogens with one attached hydrogen (secondary N) is 1. The van der Waals surface area contributed by atoms with Crippen molar-refractivity contribution in [3.05, 3.63) is 157 Å². The van der Waals surface area contributed by atoms with Crippen molar-refractivity contribution in [2.45, 2.75) is 63.6 Å². The highest BCUT2D eigenvalue weighted by Gasteiger charge is 2.35. The standard InChI is InChI=1S/C21H22ClNO3.C20H24O6.C19H23NO2/c1-23-9-7-14-11-15-8-10-26-20(15)21(25-2)19(14)17(23)12-18(24)13-3-5-16(22)6-4-13;1-21-15-8-12-6-7-26-19(14(12)11-16(15)22-2)13-9-17(23-3)20(25-5)18(10-13)24-4;1-13-4-5-14(11-19(13)22-3)10-18-17-7-6-16(21-2)12-15(17)8-9-20-18/h3-6,11,17H,7-10,12H2,1-2H3;8-11,19H,6-7H2,1-5H3;4-7,11-12,18,20H,8-10H2,1-3H3. The minimum atomic E-state index is -0.257. The zero-order chi connectivity index (χ0) is 52.5. The summed E-state index contributed by atoms with van der Waals surface area (Å²) in [5.74, 6) is 6.81. The molecule has 4 aliphatic rings. The Bertz CT molecular complexity index is 2900. The number of halogens is 1. The largest absolute Gasteiger partial charge is 0.497 e. The molecule has 4 aliphatic heterocycles. The van der Waals surface area contributed by atoms with E-state index in [0.717, 1.165) is 90.6 Å². The molecule has 0 bridgehead atoms. The van der Waals surface area contributed by atoms with Crippen molar-refractivity contribution < 1.29 is 52.2 Å². The molecule has 0 radical (unpaired) electrons. The van der Waals surface area contributed by atoms with Crippen LogP contribution in [0.5, 0.6) is 51.7 Å². The highest BCUT2D eigenvalue weighted by molar-refractivity contribution is 6.30. The Balaban J connectivity index is 0.000000148. The van der Waals surface area contributed by atoms with Crippen molar-refractivity contribution in [1.29, 1.82) is 0 Å². The average Bonchev–Trinajstić information content (AvgIpc) is 3.91. The van der Waals surface area contributed by atoms with Crippen LogP contribution < -0.4 is 47.9 Å². The van der Waals surface area contributed by atoms with Gasteiger partial charge in [-0.05, 0) is 157 Å². The summed E-state index contributed by atoms with van der Waals surface area (Å²) in [6.45, 7) is 5.31. The van der Waals surface area contributed by atoms with Crippen LogP contribution in [0.2, 0.25) is 5.02 Å². The number of hydrogen-bond donors (Lipinski definition) is 1. The van der Waals surface area contributed by atoms with Crippen molar-refractivity contribution in [3.8, 4) is 51.7 Å². The number of ether oxygens (including phenoxy) is 10. The smallest absolute Gasteiger partial charge is 0.203 e. The van der Waals surface area contributed by atoms with Crippen LogP contribution in [0.3, 0.4) is 0 Å². The van der Waals surface area contributed by atoms with Gasteiger partial charge in [-0.2, -0.15) is 0 Å². The maximum Gasteiger partial charge on any atom is 0.203 e. The zero-order valence-electron chi connectivity index (χ0n) is 44.3. The maximum absolute atomic E-state index is 12.9. The molecule has 0 fully saturated rings. The zero-order valence-corrected chi connectivity index (χ0v) is 45.0. The number of ketones is 1. The second-order valence-corrected chi connectivity index (χ2v) is 19.1. The molecule has 4 heterocycles. The quantitative estimate of drug-likeness (QED) is 0.104. The molecule has 6 aromatic carbocycles. The van der Waals surface area contributed by atoms with Gasteiger partial charge in [-0.25, -0.2) is 0 Å². The Morgan fingerprint density at radius 2 is 1.31 bits per heavy atom. The number of aryl methyl sites for hydroxylation is 1.